The molecule has 1 heterocycles. The second-order valence-corrected chi connectivity index (χ2v) is 7.41. The van der Waals surface area contributed by atoms with E-state index in [1.807, 2.05) is 0 Å². The summed E-state index contributed by atoms with van der Waals surface area (Å²) in [6.45, 7) is -0.669. The van der Waals surface area contributed by atoms with E-state index in [9.17, 15) is 23.6 Å². The molecule has 0 aromatic heterocycles. The molecule has 0 bridgehead atoms. The van der Waals surface area contributed by atoms with Crippen molar-refractivity contribution in [1.29, 1.82) is 0 Å². The summed E-state index contributed by atoms with van der Waals surface area (Å²) in [6.07, 6.45) is 0. The van der Waals surface area contributed by atoms with Crippen molar-refractivity contribution < 1.29 is 33.0 Å². The number of imide groups is 1. The molecule has 3 amide bonds. The molecule has 9 heteroatoms. The summed E-state index contributed by atoms with van der Waals surface area (Å²) in [6, 6.07) is 16.4. The number of ether oxygens (including phenoxy) is 2. The second kappa shape index (κ2) is 9.53. The number of esters is 1. The van der Waals surface area contributed by atoms with Gasteiger partial charge in [0.15, 0.2) is 6.61 Å². The summed E-state index contributed by atoms with van der Waals surface area (Å²) in [4.78, 5) is 51.0. The van der Waals surface area contributed by atoms with Crippen LogP contribution in [0, 0.1) is 5.82 Å². The van der Waals surface area contributed by atoms with E-state index in [1.165, 1.54) is 37.4 Å². The number of carbonyl (C=O) groups is 4. The molecule has 0 atom stereocenters. The van der Waals surface area contributed by atoms with Crippen molar-refractivity contribution in [2.45, 2.75) is 6.54 Å². The molecule has 0 radical (unpaired) electrons. The number of nitrogens with zero attached hydrogens (tertiary/aromatic N) is 1. The van der Waals surface area contributed by atoms with Gasteiger partial charge in [0.25, 0.3) is 17.7 Å². The van der Waals surface area contributed by atoms with Crippen LogP contribution in [-0.2, 0) is 16.1 Å². The highest BCUT2D eigenvalue weighted by Gasteiger charge is 2.35. The molecule has 3 aromatic rings. The number of benzene rings is 3. The first-order chi connectivity index (χ1) is 16.4. The van der Waals surface area contributed by atoms with Crippen LogP contribution in [0.25, 0.3) is 0 Å². The Labute approximate surface area is 193 Å². The summed E-state index contributed by atoms with van der Waals surface area (Å²) in [7, 11) is 1.37. The lowest BCUT2D eigenvalue weighted by atomic mass is 10.1. The van der Waals surface area contributed by atoms with Crippen LogP contribution in [0.15, 0.2) is 66.7 Å². The van der Waals surface area contributed by atoms with Crippen molar-refractivity contribution in [2.24, 2.45) is 0 Å². The maximum atomic E-state index is 13.2. The standard InChI is InChI=1S/C25H19FN2O6/c1-33-21-10-9-15(13-28-23(30)18-7-2-3-8-19(18)24(28)31)11-20(21)25(32)34-14-22(29)27-17-6-4-5-16(26)12-17/h2-12H,13-14H2,1H3,(H,27,29). The number of carbonyl (C=O) groups excluding carboxylic acids is 4. The third-order valence-corrected chi connectivity index (χ3v) is 5.15. The summed E-state index contributed by atoms with van der Waals surface area (Å²) < 4.78 is 23.5. The summed E-state index contributed by atoms with van der Waals surface area (Å²) in [5.41, 5.74) is 1.39. The zero-order valence-corrected chi connectivity index (χ0v) is 18.0. The van der Waals surface area contributed by atoms with Crippen LogP contribution in [0.3, 0.4) is 0 Å². The van der Waals surface area contributed by atoms with Gasteiger partial charge in [0.2, 0.25) is 0 Å². The van der Waals surface area contributed by atoms with Gasteiger partial charge in [0.1, 0.15) is 17.1 Å². The Morgan fingerprint density at radius 2 is 1.65 bits per heavy atom. The molecule has 0 saturated carbocycles. The predicted octanol–water partition coefficient (Wildman–Crippen LogP) is 3.43. The summed E-state index contributed by atoms with van der Waals surface area (Å²) in [5.74, 6) is -2.66. The number of anilines is 1. The molecule has 8 nitrogen and oxygen atoms in total. The number of methoxy groups -OCH3 is 1. The van der Waals surface area contributed by atoms with Crippen LogP contribution in [0.5, 0.6) is 5.75 Å². The van der Waals surface area contributed by atoms with Gasteiger partial charge in [-0.3, -0.25) is 19.3 Å². The van der Waals surface area contributed by atoms with Crippen LogP contribution in [0.4, 0.5) is 10.1 Å². The van der Waals surface area contributed by atoms with Crippen molar-refractivity contribution in [3.05, 3.63) is 94.8 Å². The number of hydrogen-bond acceptors (Lipinski definition) is 6. The van der Waals surface area contributed by atoms with Gasteiger partial charge in [-0.15, -0.1) is 0 Å². The van der Waals surface area contributed by atoms with Gasteiger partial charge < -0.3 is 14.8 Å². The number of nitrogens with one attached hydrogen (secondary N) is 1. The van der Waals surface area contributed by atoms with E-state index in [0.29, 0.717) is 16.7 Å². The van der Waals surface area contributed by atoms with E-state index in [1.54, 1.807) is 30.3 Å². The molecule has 0 spiro atoms. The highest BCUT2D eigenvalue weighted by atomic mass is 19.1. The van der Waals surface area contributed by atoms with E-state index < -0.39 is 36.1 Å². The Morgan fingerprint density at radius 3 is 2.29 bits per heavy atom. The minimum atomic E-state index is -0.838. The first-order valence-electron chi connectivity index (χ1n) is 10.2. The SMILES string of the molecule is COc1ccc(CN2C(=O)c3ccccc3C2=O)cc1C(=O)OCC(=O)Nc1cccc(F)c1. The number of fused-ring (bicyclic) bond motifs is 1. The van der Waals surface area contributed by atoms with Crippen LogP contribution in [0.1, 0.15) is 36.6 Å². The minimum Gasteiger partial charge on any atom is -0.496 e. The van der Waals surface area contributed by atoms with Crippen LogP contribution in [-0.4, -0.2) is 42.3 Å². The lowest BCUT2D eigenvalue weighted by Gasteiger charge is -2.16. The monoisotopic (exact) mass is 462 g/mol. The molecule has 1 N–H and O–H groups in total. The van der Waals surface area contributed by atoms with Crippen molar-refractivity contribution >= 4 is 29.4 Å². The quantitative estimate of drug-likeness (QED) is 0.426. The third kappa shape index (κ3) is 4.63. The third-order valence-electron chi connectivity index (χ3n) is 5.15. The van der Waals surface area contributed by atoms with Gasteiger partial charge in [-0.2, -0.15) is 0 Å². The van der Waals surface area contributed by atoms with E-state index >= 15 is 0 Å². The lowest BCUT2D eigenvalue weighted by Crippen LogP contribution is -2.29. The predicted molar refractivity (Wildman–Crippen MR) is 119 cm³/mol. The van der Waals surface area contributed by atoms with E-state index in [2.05, 4.69) is 5.32 Å². The van der Waals surface area contributed by atoms with Crippen LogP contribution < -0.4 is 10.1 Å². The fraction of sp³-hybridized carbons (Fsp3) is 0.120. The molecule has 0 fully saturated rings. The number of hydrogen-bond donors (Lipinski definition) is 1. The minimum absolute atomic E-state index is 0.0233. The average molecular weight is 462 g/mol. The summed E-state index contributed by atoms with van der Waals surface area (Å²) in [5, 5.41) is 2.43. The highest BCUT2D eigenvalue weighted by molar-refractivity contribution is 6.21. The highest BCUT2D eigenvalue weighted by Crippen LogP contribution is 2.26. The number of halogens is 1. The Bertz CT molecular complexity index is 1270. The Morgan fingerprint density at radius 1 is 0.941 bits per heavy atom. The number of amides is 3. The van der Waals surface area contributed by atoms with Crippen molar-refractivity contribution in [1.82, 2.24) is 4.90 Å². The van der Waals surface area contributed by atoms with Gasteiger partial charge >= 0.3 is 5.97 Å². The van der Waals surface area contributed by atoms with E-state index in [0.717, 1.165) is 11.0 Å². The van der Waals surface area contributed by atoms with Gasteiger partial charge in [0, 0.05) is 5.69 Å². The second-order valence-electron chi connectivity index (χ2n) is 7.41. The first kappa shape index (κ1) is 22.7. The van der Waals surface area contributed by atoms with Crippen LogP contribution >= 0.6 is 0 Å². The molecule has 0 unspecified atom stereocenters. The van der Waals surface area contributed by atoms with Crippen LogP contribution in [0.2, 0.25) is 0 Å². The van der Waals surface area contributed by atoms with E-state index in [4.69, 9.17) is 9.47 Å². The zero-order chi connectivity index (χ0) is 24.2. The maximum absolute atomic E-state index is 13.2. The molecular formula is C25H19FN2O6. The molecule has 0 aliphatic carbocycles. The lowest BCUT2D eigenvalue weighted by molar-refractivity contribution is -0.119. The van der Waals surface area contributed by atoms with Crippen molar-refractivity contribution in [2.75, 3.05) is 19.0 Å². The molecule has 1 aliphatic rings. The Kier molecular flexibility index (Phi) is 6.35. The van der Waals surface area contributed by atoms with Crippen molar-refractivity contribution in [3.63, 3.8) is 0 Å². The largest absolute Gasteiger partial charge is 0.496 e. The Balaban J connectivity index is 1.45. The molecular weight excluding hydrogens is 443 g/mol. The zero-order valence-electron chi connectivity index (χ0n) is 18.0. The molecule has 1 aliphatic heterocycles. The van der Waals surface area contributed by atoms with E-state index in [-0.39, 0.29) is 23.5 Å². The smallest absolute Gasteiger partial charge is 0.342 e. The maximum Gasteiger partial charge on any atom is 0.342 e. The molecule has 3 aromatic carbocycles. The Hall–Kier alpha value is -4.53. The van der Waals surface area contributed by atoms with Gasteiger partial charge in [-0.05, 0) is 48.0 Å². The van der Waals surface area contributed by atoms with Gasteiger partial charge in [-0.1, -0.05) is 24.3 Å². The molecule has 0 saturated heterocycles. The summed E-state index contributed by atoms with van der Waals surface area (Å²) >= 11 is 0. The first-order valence-corrected chi connectivity index (χ1v) is 10.2. The fourth-order valence-electron chi connectivity index (χ4n) is 3.55. The molecule has 4 rings (SSSR count). The number of rotatable bonds is 7. The fourth-order valence-corrected chi connectivity index (χ4v) is 3.55. The van der Waals surface area contributed by atoms with Gasteiger partial charge in [-0.25, -0.2) is 9.18 Å². The van der Waals surface area contributed by atoms with Gasteiger partial charge in [0.05, 0.1) is 24.8 Å². The average Bonchev–Trinajstić information content (AvgIpc) is 3.07. The topological polar surface area (TPSA) is 102 Å². The molecule has 34 heavy (non-hydrogen) atoms. The normalized spacial score (nSPS) is 12.4. The van der Waals surface area contributed by atoms with Crippen molar-refractivity contribution in [3.8, 4) is 5.75 Å². The molecule has 172 valence electrons.